The maximum Gasteiger partial charge on any atom is 0.258 e. The monoisotopic (exact) mass is 441 g/mol. The van der Waals surface area contributed by atoms with Gasteiger partial charge in [-0.3, -0.25) is 9.69 Å². The van der Waals surface area contributed by atoms with Crippen LogP contribution in [0.1, 0.15) is 41.3 Å². The molecule has 0 saturated carbocycles. The van der Waals surface area contributed by atoms with Crippen molar-refractivity contribution >= 4 is 21.6 Å². The molecule has 0 unspecified atom stereocenters. The van der Waals surface area contributed by atoms with Crippen LogP contribution >= 0.6 is 0 Å². The molecule has 2 aliphatic heterocycles. The fourth-order valence-corrected chi connectivity index (χ4v) is 5.30. The van der Waals surface area contributed by atoms with Crippen molar-refractivity contribution in [3.8, 4) is 0 Å². The summed E-state index contributed by atoms with van der Waals surface area (Å²) in [6.07, 6.45) is 3.16. The Labute approximate surface area is 185 Å². The average Bonchev–Trinajstić information content (AvgIpc) is 3.18. The highest BCUT2D eigenvalue weighted by Gasteiger charge is 2.28. The molecule has 0 aromatic heterocycles. The lowest BCUT2D eigenvalue weighted by Gasteiger charge is -2.30. The third-order valence-electron chi connectivity index (χ3n) is 6.45. The van der Waals surface area contributed by atoms with Crippen molar-refractivity contribution in [1.82, 2.24) is 9.21 Å². The average molecular weight is 442 g/mol. The maximum absolute atomic E-state index is 13.1. The van der Waals surface area contributed by atoms with Gasteiger partial charge in [-0.1, -0.05) is 19.1 Å². The summed E-state index contributed by atoms with van der Waals surface area (Å²) in [5.41, 5.74) is 3.58. The molecule has 0 atom stereocenters. The number of amides is 1. The van der Waals surface area contributed by atoms with Crippen molar-refractivity contribution in [3.63, 3.8) is 0 Å². The minimum atomic E-state index is -3.48. The number of benzene rings is 2. The quantitative estimate of drug-likeness (QED) is 0.714. The van der Waals surface area contributed by atoms with Gasteiger partial charge in [0.05, 0.1) is 4.90 Å². The van der Waals surface area contributed by atoms with Crippen LogP contribution in [0.2, 0.25) is 0 Å². The summed E-state index contributed by atoms with van der Waals surface area (Å²) in [6, 6.07) is 13.0. The molecule has 7 heteroatoms. The van der Waals surface area contributed by atoms with Crippen LogP contribution in [0.15, 0.2) is 47.4 Å². The Morgan fingerprint density at radius 3 is 2.35 bits per heavy atom. The fraction of sp³-hybridized carbons (Fsp3) is 0.458. The van der Waals surface area contributed by atoms with E-state index in [1.807, 2.05) is 12.1 Å². The molecular formula is C24H31N3O3S. The Bertz CT molecular complexity index is 1060. The summed E-state index contributed by atoms with van der Waals surface area (Å²) in [4.78, 5) is 17.6. The molecule has 2 aliphatic rings. The highest BCUT2D eigenvalue weighted by atomic mass is 32.2. The first-order valence-corrected chi connectivity index (χ1v) is 12.4. The molecule has 2 aromatic carbocycles. The molecule has 0 bridgehead atoms. The van der Waals surface area contributed by atoms with E-state index >= 15 is 0 Å². The second-order valence-electron chi connectivity index (χ2n) is 8.94. The van der Waals surface area contributed by atoms with Crippen molar-refractivity contribution in [1.29, 1.82) is 0 Å². The number of carbonyl (C=O) groups excluding carboxylic acids is 1. The van der Waals surface area contributed by atoms with E-state index < -0.39 is 10.0 Å². The van der Waals surface area contributed by atoms with Gasteiger partial charge >= 0.3 is 0 Å². The van der Waals surface area contributed by atoms with Gasteiger partial charge in [-0.2, -0.15) is 0 Å². The van der Waals surface area contributed by atoms with Gasteiger partial charge in [0, 0.05) is 38.4 Å². The van der Waals surface area contributed by atoms with Crippen LogP contribution < -0.4 is 4.90 Å². The Morgan fingerprint density at radius 1 is 1.03 bits per heavy atom. The number of piperidine rings is 1. The summed E-state index contributed by atoms with van der Waals surface area (Å²) in [5.74, 6) is 0.777. The van der Waals surface area contributed by atoms with Crippen molar-refractivity contribution in [2.45, 2.75) is 37.6 Å². The first kappa shape index (κ1) is 22.0. The zero-order valence-corrected chi connectivity index (χ0v) is 19.4. The molecule has 0 spiro atoms. The van der Waals surface area contributed by atoms with E-state index in [-0.39, 0.29) is 10.8 Å². The summed E-state index contributed by atoms with van der Waals surface area (Å²) in [6.45, 7) is 6.08. The Morgan fingerprint density at radius 2 is 1.71 bits per heavy atom. The summed E-state index contributed by atoms with van der Waals surface area (Å²) < 4.78 is 26.0. The molecule has 1 fully saturated rings. The molecular weight excluding hydrogens is 410 g/mol. The highest BCUT2D eigenvalue weighted by molar-refractivity contribution is 7.89. The van der Waals surface area contributed by atoms with Gasteiger partial charge in [-0.05, 0) is 79.7 Å². The minimum absolute atomic E-state index is 0.0414. The smallest absolute Gasteiger partial charge is 0.258 e. The number of nitrogens with zero attached hydrogens (tertiary/aromatic N) is 3. The van der Waals surface area contributed by atoms with Crippen molar-refractivity contribution < 1.29 is 13.2 Å². The SMILES string of the molecule is CC1CCN(Cc2ccc(C(=O)N3CCc4cc(S(=O)(=O)N(C)C)ccc43)cc2)CC1. The largest absolute Gasteiger partial charge is 0.308 e. The van der Waals surface area contributed by atoms with Crippen LogP contribution in [0.25, 0.3) is 0 Å². The molecule has 6 nitrogen and oxygen atoms in total. The van der Waals surface area contributed by atoms with E-state index in [0.29, 0.717) is 18.5 Å². The van der Waals surface area contributed by atoms with Crippen LogP contribution in [-0.2, 0) is 23.0 Å². The normalized spacial score (nSPS) is 17.9. The van der Waals surface area contributed by atoms with Crippen LogP contribution in [0.4, 0.5) is 5.69 Å². The van der Waals surface area contributed by atoms with Crippen LogP contribution in [0, 0.1) is 5.92 Å². The zero-order chi connectivity index (χ0) is 22.2. The van der Waals surface area contributed by atoms with Gasteiger partial charge in [0.25, 0.3) is 5.91 Å². The Kier molecular flexibility index (Phi) is 6.19. The number of rotatable bonds is 5. The van der Waals surface area contributed by atoms with Gasteiger partial charge in [-0.15, -0.1) is 0 Å². The summed E-state index contributed by atoms with van der Waals surface area (Å²) in [5, 5.41) is 0. The molecule has 2 aromatic rings. The third kappa shape index (κ3) is 4.54. The van der Waals surface area contributed by atoms with E-state index in [2.05, 4.69) is 24.0 Å². The topological polar surface area (TPSA) is 60.9 Å². The fourth-order valence-electron chi connectivity index (χ4n) is 4.35. The minimum Gasteiger partial charge on any atom is -0.308 e. The standard InChI is InChI=1S/C24H31N3O3S/c1-18-10-13-26(14-11-18)17-19-4-6-20(7-5-19)24(28)27-15-12-21-16-22(8-9-23(21)27)31(29,30)25(2)3/h4-9,16,18H,10-15,17H2,1-3H3. The van der Waals surface area contributed by atoms with Crippen LogP contribution in [0.3, 0.4) is 0 Å². The van der Waals surface area contributed by atoms with Crippen LogP contribution in [-0.4, -0.2) is 57.3 Å². The van der Waals surface area contributed by atoms with Gasteiger partial charge in [0.1, 0.15) is 0 Å². The van der Waals surface area contributed by atoms with Gasteiger partial charge in [0.15, 0.2) is 0 Å². The lowest BCUT2D eigenvalue weighted by molar-refractivity contribution is 0.0989. The summed E-state index contributed by atoms with van der Waals surface area (Å²) >= 11 is 0. The molecule has 1 amide bonds. The second-order valence-corrected chi connectivity index (χ2v) is 11.1. The molecule has 0 aliphatic carbocycles. The number of fused-ring (bicyclic) bond motifs is 1. The predicted octanol–water partition coefficient (Wildman–Crippen LogP) is 3.37. The molecule has 0 N–H and O–H groups in total. The van der Waals surface area contributed by atoms with Gasteiger partial charge in [-0.25, -0.2) is 12.7 Å². The van der Waals surface area contributed by atoms with Gasteiger partial charge < -0.3 is 4.90 Å². The number of anilines is 1. The van der Waals surface area contributed by atoms with E-state index in [0.717, 1.165) is 36.8 Å². The van der Waals surface area contributed by atoms with E-state index in [9.17, 15) is 13.2 Å². The predicted molar refractivity (Wildman–Crippen MR) is 123 cm³/mol. The van der Waals surface area contributed by atoms with Crippen molar-refractivity contribution in [2.24, 2.45) is 5.92 Å². The second kappa shape index (κ2) is 8.73. The third-order valence-corrected chi connectivity index (χ3v) is 8.26. The molecule has 166 valence electrons. The summed E-state index contributed by atoms with van der Waals surface area (Å²) in [7, 11) is -0.439. The number of hydrogen-bond acceptors (Lipinski definition) is 4. The number of hydrogen-bond donors (Lipinski definition) is 0. The lowest BCUT2D eigenvalue weighted by Crippen LogP contribution is -2.32. The first-order valence-electron chi connectivity index (χ1n) is 10.9. The van der Waals surface area contributed by atoms with Crippen molar-refractivity contribution in [2.75, 3.05) is 38.6 Å². The van der Waals surface area contributed by atoms with Crippen LogP contribution in [0.5, 0.6) is 0 Å². The van der Waals surface area contributed by atoms with E-state index in [4.69, 9.17) is 0 Å². The maximum atomic E-state index is 13.1. The van der Waals surface area contributed by atoms with Gasteiger partial charge in [0.2, 0.25) is 10.0 Å². The highest BCUT2D eigenvalue weighted by Crippen LogP contribution is 2.32. The number of carbonyl (C=O) groups is 1. The lowest BCUT2D eigenvalue weighted by atomic mass is 9.99. The molecule has 2 heterocycles. The van der Waals surface area contributed by atoms with E-state index in [1.165, 1.54) is 36.8 Å². The Hall–Kier alpha value is -2.22. The zero-order valence-electron chi connectivity index (χ0n) is 18.5. The first-order chi connectivity index (χ1) is 14.8. The molecule has 4 rings (SSSR count). The van der Waals surface area contributed by atoms with E-state index in [1.54, 1.807) is 23.1 Å². The Balaban J connectivity index is 1.46. The molecule has 0 radical (unpaired) electrons. The molecule has 1 saturated heterocycles. The van der Waals surface area contributed by atoms with Crippen molar-refractivity contribution in [3.05, 3.63) is 59.2 Å². The number of likely N-dealkylation sites (tertiary alicyclic amines) is 1. The molecule has 31 heavy (non-hydrogen) atoms. The number of sulfonamides is 1.